The zero-order chi connectivity index (χ0) is 14.5. The van der Waals surface area contributed by atoms with Crippen LogP contribution in [-0.4, -0.2) is 32.2 Å². The van der Waals surface area contributed by atoms with Crippen molar-refractivity contribution in [2.45, 2.75) is 9.79 Å². The summed E-state index contributed by atoms with van der Waals surface area (Å²) in [6, 6.07) is 9.34. The van der Waals surface area contributed by atoms with Crippen molar-refractivity contribution in [1.82, 2.24) is 10.2 Å². The summed E-state index contributed by atoms with van der Waals surface area (Å²) in [5.74, 6) is -3.23. The van der Waals surface area contributed by atoms with E-state index >= 15 is 0 Å². The van der Waals surface area contributed by atoms with Gasteiger partial charge < -0.3 is 10.2 Å². The molecule has 0 aliphatic heterocycles. The zero-order valence-corrected chi connectivity index (χ0v) is 10.9. The van der Waals surface area contributed by atoms with Crippen molar-refractivity contribution in [3.63, 3.8) is 0 Å². The normalized spacial score (nSPS) is 11.3. The molecule has 7 heteroatoms. The Morgan fingerprint density at radius 2 is 1.90 bits per heavy atom. The SMILES string of the molecule is O=C(O)C(O)=CC(=O)c1[nH]ncc1Sc1ccccc1. The number of allylic oxidation sites excluding steroid dienone is 1. The van der Waals surface area contributed by atoms with Crippen LogP contribution in [-0.2, 0) is 4.79 Å². The average Bonchev–Trinajstić information content (AvgIpc) is 2.88. The van der Waals surface area contributed by atoms with Gasteiger partial charge in [-0.1, -0.05) is 30.0 Å². The van der Waals surface area contributed by atoms with Crippen LogP contribution in [0.2, 0.25) is 0 Å². The predicted molar refractivity (Wildman–Crippen MR) is 71.8 cm³/mol. The fourth-order valence-corrected chi connectivity index (χ4v) is 2.30. The molecular formula is C13H10N2O4S. The molecule has 1 aromatic heterocycles. The Kier molecular flexibility index (Phi) is 4.21. The maximum atomic E-state index is 11.8. The number of nitrogens with one attached hydrogen (secondary N) is 1. The molecule has 0 aliphatic carbocycles. The quantitative estimate of drug-likeness (QED) is 0.443. The van der Waals surface area contributed by atoms with E-state index in [1.165, 1.54) is 18.0 Å². The van der Waals surface area contributed by atoms with E-state index in [1.807, 2.05) is 30.3 Å². The molecule has 0 bridgehead atoms. The number of benzene rings is 1. The van der Waals surface area contributed by atoms with E-state index < -0.39 is 17.5 Å². The summed E-state index contributed by atoms with van der Waals surface area (Å²) in [4.78, 5) is 23.8. The summed E-state index contributed by atoms with van der Waals surface area (Å²) in [6.45, 7) is 0. The van der Waals surface area contributed by atoms with E-state index in [9.17, 15) is 9.59 Å². The lowest BCUT2D eigenvalue weighted by Gasteiger charge is -2.00. The number of nitrogens with zero attached hydrogens (tertiary/aromatic N) is 1. The number of aliphatic hydroxyl groups excluding tert-OH is 1. The molecule has 0 amide bonds. The molecular weight excluding hydrogens is 280 g/mol. The number of carbonyl (C=O) groups excluding carboxylic acids is 1. The molecule has 0 aliphatic rings. The molecule has 2 aromatic rings. The summed E-state index contributed by atoms with van der Waals surface area (Å²) < 4.78 is 0. The highest BCUT2D eigenvalue weighted by Crippen LogP contribution is 2.29. The minimum absolute atomic E-state index is 0.131. The smallest absolute Gasteiger partial charge is 0.371 e. The maximum Gasteiger partial charge on any atom is 0.371 e. The highest BCUT2D eigenvalue weighted by atomic mass is 32.2. The summed E-state index contributed by atoms with van der Waals surface area (Å²) in [5.41, 5.74) is 0.131. The number of rotatable bonds is 5. The first kappa shape index (κ1) is 13.9. The molecule has 0 unspecified atom stereocenters. The van der Waals surface area contributed by atoms with Crippen molar-refractivity contribution in [3.05, 3.63) is 54.1 Å². The lowest BCUT2D eigenvalue weighted by atomic mass is 10.2. The van der Waals surface area contributed by atoms with Gasteiger partial charge >= 0.3 is 5.97 Å². The fraction of sp³-hybridized carbons (Fsp3) is 0. The number of hydrogen-bond donors (Lipinski definition) is 3. The summed E-state index contributed by atoms with van der Waals surface area (Å²) >= 11 is 1.31. The minimum atomic E-state index is -1.56. The number of aromatic amines is 1. The highest BCUT2D eigenvalue weighted by molar-refractivity contribution is 7.99. The number of H-pyrrole nitrogens is 1. The number of aliphatic carboxylic acids is 1. The Balaban J connectivity index is 2.23. The van der Waals surface area contributed by atoms with Gasteiger partial charge in [0.05, 0.1) is 11.1 Å². The summed E-state index contributed by atoms with van der Waals surface area (Å²) in [6.07, 6.45) is 2.11. The van der Waals surface area contributed by atoms with Crippen molar-refractivity contribution in [3.8, 4) is 0 Å². The third-order valence-electron chi connectivity index (χ3n) is 2.31. The summed E-state index contributed by atoms with van der Waals surface area (Å²) in [7, 11) is 0. The van der Waals surface area contributed by atoms with Crippen molar-refractivity contribution in [1.29, 1.82) is 0 Å². The number of carboxylic acids is 1. The van der Waals surface area contributed by atoms with Crippen LogP contribution in [0.15, 0.2) is 58.2 Å². The molecule has 0 atom stereocenters. The molecule has 0 spiro atoms. The largest absolute Gasteiger partial charge is 0.502 e. The van der Waals surface area contributed by atoms with Crippen molar-refractivity contribution in [2.75, 3.05) is 0 Å². The number of hydrogen-bond acceptors (Lipinski definition) is 5. The first-order valence-corrected chi connectivity index (χ1v) is 6.34. The maximum absolute atomic E-state index is 11.8. The number of ketones is 1. The zero-order valence-electron chi connectivity index (χ0n) is 10.1. The van der Waals surface area contributed by atoms with Gasteiger partial charge in [0, 0.05) is 11.0 Å². The molecule has 1 heterocycles. The first-order chi connectivity index (χ1) is 9.58. The fourth-order valence-electron chi connectivity index (χ4n) is 1.40. The minimum Gasteiger partial charge on any atom is -0.502 e. The Morgan fingerprint density at radius 1 is 1.20 bits per heavy atom. The topological polar surface area (TPSA) is 103 Å². The monoisotopic (exact) mass is 290 g/mol. The Labute approximate surface area is 118 Å². The lowest BCUT2D eigenvalue weighted by Crippen LogP contribution is -2.05. The molecule has 102 valence electrons. The number of carboxylic acid groups (broad SMARTS) is 1. The Bertz CT molecular complexity index is 664. The third-order valence-corrected chi connectivity index (χ3v) is 3.35. The van der Waals surface area contributed by atoms with Gasteiger partial charge in [0.25, 0.3) is 0 Å². The van der Waals surface area contributed by atoms with Crippen LogP contribution in [0.4, 0.5) is 0 Å². The van der Waals surface area contributed by atoms with Gasteiger partial charge in [0.15, 0.2) is 0 Å². The van der Waals surface area contributed by atoms with Crippen LogP contribution in [0.25, 0.3) is 0 Å². The van der Waals surface area contributed by atoms with Gasteiger partial charge in [-0.15, -0.1) is 0 Å². The van der Waals surface area contributed by atoms with E-state index in [1.54, 1.807) is 0 Å². The second-order valence-electron chi connectivity index (χ2n) is 3.72. The van der Waals surface area contributed by atoms with Crippen LogP contribution in [0.5, 0.6) is 0 Å². The third kappa shape index (κ3) is 3.27. The van der Waals surface area contributed by atoms with Crippen LogP contribution in [0.1, 0.15) is 10.5 Å². The second kappa shape index (κ2) is 6.07. The standard InChI is InChI=1S/C13H10N2O4S/c16-9(6-10(17)13(18)19)12-11(7-14-15-12)20-8-4-2-1-3-5-8/h1-7,17H,(H,14,15)(H,18,19). The van der Waals surface area contributed by atoms with Crippen molar-refractivity contribution >= 4 is 23.5 Å². The molecule has 3 N–H and O–H groups in total. The molecule has 0 saturated heterocycles. The molecule has 6 nitrogen and oxygen atoms in total. The Morgan fingerprint density at radius 3 is 2.55 bits per heavy atom. The second-order valence-corrected chi connectivity index (χ2v) is 4.84. The van der Waals surface area contributed by atoms with Gasteiger partial charge in [0.1, 0.15) is 5.69 Å². The van der Waals surface area contributed by atoms with E-state index in [2.05, 4.69) is 10.2 Å². The summed E-state index contributed by atoms with van der Waals surface area (Å²) in [5, 5.41) is 23.9. The molecule has 20 heavy (non-hydrogen) atoms. The van der Waals surface area contributed by atoms with E-state index in [0.717, 1.165) is 4.90 Å². The van der Waals surface area contributed by atoms with Crippen LogP contribution >= 0.6 is 11.8 Å². The van der Waals surface area contributed by atoms with Crippen molar-refractivity contribution < 1.29 is 19.8 Å². The van der Waals surface area contributed by atoms with Crippen LogP contribution < -0.4 is 0 Å². The van der Waals surface area contributed by atoms with E-state index in [0.29, 0.717) is 11.0 Å². The van der Waals surface area contributed by atoms with Gasteiger partial charge in [0.2, 0.25) is 11.5 Å². The molecule has 0 fully saturated rings. The van der Waals surface area contributed by atoms with Gasteiger partial charge in [-0.3, -0.25) is 9.89 Å². The number of aromatic nitrogens is 2. The van der Waals surface area contributed by atoms with E-state index in [4.69, 9.17) is 10.2 Å². The first-order valence-electron chi connectivity index (χ1n) is 5.52. The number of aliphatic hydroxyl groups is 1. The van der Waals surface area contributed by atoms with Crippen LogP contribution in [0.3, 0.4) is 0 Å². The molecule has 2 rings (SSSR count). The average molecular weight is 290 g/mol. The molecule has 0 radical (unpaired) electrons. The number of carbonyl (C=O) groups is 2. The van der Waals surface area contributed by atoms with Gasteiger partial charge in [-0.05, 0) is 12.1 Å². The van der Waals surface area contributed by atoms with Gasteiger partial charge in [-0.2, -0.15) is 5.10 Å². The lowest BCUT2D eigenvalue weighted by molar-refractivity contribution is -0.135. The van der Waals surface area contributed by atoms with E-state index in [-0.39, 0.29) is 5.69 Å². The Hall–Kier alpha value is -2.54. The molecule has 1 aromatic carbocycles. The van der Waals surface area contributed by atoms with Gasteiger partial charge in [-0.25, -0.2) is 4.79 Å². The van der Waals surface area contributed by atoms with Crippen LogP contribution in [0, 0.1) is 0 Å². The molecule has 0 saturated carbocycles. The highest BCUT2D eigenvalue weighted by Gasteiger charge is 2.15. The predicted octanol–water partition coefficient (Wildman–Crippen LogP) is 2.27. The van der Waals surface area contributed by atoms with Crippen molar-refractivity contribution in [2.24, 2.45) is 0 Å².